The largest absolute Gasteiger partial charge is 0.373 e. The van der Waals surface area contributed by atoms with Gasteiger partial charge in [-0.05, 0) is 6.42 Å². The van der Waals surface area contributed by atoms with Gasteiger partial charge in [-0.25, -0.2) is 0 Å². The Bertz CT molecular complexity index is 196. The molecule has 12 heavy (non-hydrogen) atoms. The summed E-state index contributed by atoms with van der Waals surface area (Å²) >= 11 is 0. The molecule has 3 atom stereocenters. The molecule has 0 aliphatic carbocycles. The van der Waals surface area contributed by atoms with E-state index in [4.69, 9.17) is 20.6 Å². The highest BCUT2D eigenvalue weighted by Gasteiger charge is 2.42. The Labute approximate surface area is 72.0 Å². The Morgan fingerprint density at radius 1 is 1.50 bits per heavy atom. The summed E-state index contributed by atoms with van der Waals surface area (Å²) in [6.45, 7) is 1.75. The molecule has 0 saturated carbocycles. The molecule has 3 nitrogen and oxygen atoms in total. The average molecular weight is 168 g/mol. The van der Waals surface area contributed by atoms with Crippen molar-refractivity contribution >= 4 is 0 Å². The normalized spacial score (nSPS) is 39.4. The van der Waals surface area contributed by atoms with Crippen LogP contribution >= 0.6 is 0 Å². The zero-order valence-corrected chi connectivity index (χ0v) is 6.86. The molecule has 2 aliphatic rings. The minimum atomic E-state index is 0.0496. The fraction of sp³-hybridized carbons (Fsp3) is 0.778. The molecule has 0 amide bonds. The molecule has 2 fully saturated rings. The van der Waals surface area contributed by atoms with E-state index in [-0.39, 0.29) is 18.3 Å². The van der Waals surface area contributed by atoms with Crippen LogP contribution in [0.15, 0.2) is 0 Å². The highest BCUT2D eigenvalue weighted by molar-refractivity contribution is 4.91. The molecule has 0 aromatic carbocycles. The Kier molecular flexibility index (Phi) is 2.31. The van der Waals surface area contributed by atoms with Crippen LogP contribution in [-0.2, 0) is 14.2 Å². The SMILES string of the molecule is C#CCOC1COC2CCOC21. The minimum Gasteiger partial charge on any atom is -0.373 e. The summed E-state index contributed by atoms with van der Waals surface area (Å²) in [6, 6.07) is 0. The van der Waals surface area contributed by atoms with Crippen molar-refractivity contribution in [3.8, 4) is 12.3 Å². The Morgan fingerprint density at radius 3 is 3.25 bits per heavy atom. The molecule has 0 radical (unpaired) electrons. The number of fused-ring (bicyclic) bond motifs is 1. The van der Waals surface area contributed by atoms with Crippen LogP contribution in [0.25, 0.3) is 0 Å². The smallest absolute Gasteiger partial charge is 0.112 e. The van der Waals surface area contributed by atoms with Crippen LogP contribution < -0.4 is 0 Å². The molecule has 66 valence electrons. The summed E-state index contributed by atoms with van der Waals surface area (Å²) in [5, 5.41) is 0. The average Bonchev–Trinajstić information content (AvgIpc) is 2.62. The summed E-state index contributed by atoms with van der Waals surface area (Å²) < 4.78 is 16.3. The van der Waals surface area contributed by atoms with Gasteiger partial charge in [0.2, 0.25) is 0 Å². The maximum Gasteiger partial charge on any atom is 0.112 e. The lowest BCUT2D eigenvalue weighted by Crippen LogP contribution is -2.30. The van der Waals surface area contributed by atoms with Gasteiger partial charge in [0.1, 0.15) is 18.8 Å². The lowest BCUT2D eigenvalue weighted by molar-refractivity contribution is -0.0187. The fourth-order valence-corrected chi connectivity index (χ4v) is 1.73. The van der Waals surface area contributed by atoms with Gasteiger partial charge >= 0.3 is 0 Å². The molecule has 2 heterocycles. The van der Waals surface area contributed by atoms with Crippen LogP contribution in [-0.4, -0.2) is 38.1 Å². The van der Waals surface area contributed by atoms with E-state index < -0.39 is 0 Å². The Balaban J connectivity index is 1.87. The standard InChI is InChI=1S/C9H12O3/c1-2-4-10-8-6-12-7-3-5-11-9(7)8/h1,7-9H,3-6H2. The van der Waals surface area contributed by atoms with Gasteiger partial charge in [-0.2, -0.15) is 0 Å². The first-order valence-electron chi connectivity index (χ1n) is 4.20. The number of hydrogen-bond acceptors (Lipinski definition) is 3. The molecular weight excluding hydrogens is 156 g/mol. The van der Waals surface area contributed by atoms with Crippen LogP contribution in [0.5, 0.6) is 0 Å². The van der Waals surface area contributed by atoms with Gasteiger partial charge in [-0.15, -0.1) is 6.42 Å². The number of terminal acetylenes is 1. The maximum atomic E-state index is 5.47. The summed E-state index contributed by atoms with van der Waals surface area (Å²) in [5.74, 6) is 2.44. The van der Waals surface area contributed by atoms with Crippen molar-refractivity contribution in [2.24, 2.45) is 0 Å². The molecule has 0 N–H and O–H groups in total. The quantitative estimate of drug-likeness (QED) is 0.551. The zero-order valence-electron chi connectivity index (χ0n) is 6.86. The second kappa shape index (κ2) is 3.44. The van der Waals surface area contributed by atoms with Crippen LogP contribution in [0.4, 0.5) is 0 Å². The first-order valence-corrected chi connectivity index (χ1v) is 4.20. The third-order valence-corrected chi connectivity index (χ3v) is 2.30. The van der Waals surface area contributed by atoms with E-state index in [0.29, 0.717) is 13.2 Å². The van der Waals surface area contributed by atoms with Gasteiger partial charge in [0.15, 0.2) is 0 Å². The highest BCUT2D eigenvalue weighted by atomic mass is 16.6. The van der Waals surface area contributed by atoms with Crippen LogP contribution in [0.1, 0.15) is 6.42 Å². The van der Waals surface area contributed by atoms with E-state index in [1.54, 1.807) is 0 Å². The first-order chi connectivity index (χ1) is 5.92. The van der Waals surface area contributed by atoms with Crippen LogP contribution in [0, 0.1) is 12.3 Å². The van der Waals surface area contributed by atoms with Crippen LogP contribution in [0.3, 0.4) is 0 Å². The van der Waals surface area contributed by atoms with Crippen LogP contribution in [0.2, 0.25) is 0 Å². The van der Waals surface area contributed by atoms with Crippen molar-refractivity contribution in [3.63, 3.8) is 0 Å². The van der Waals surface area contributed by atoms with Crippen molar-refractivity contribution in [2.75, 3.05) is 19.8 Å². The molecule has 2 aliphatic heterocycles. The van der Waals surface area contributed by atoms with Crippen molar-refractivity contribution in [1.82, 2.24) is 0 Å². The molecule has 0 spiro atoms. The lowest BCUT2D eigenvalue weighted by Gasteiger charge is -2.14. The third-order valence-electron chi connectivity index (χ3n) is 2.30. The summed E-state index contributed by atoms with van der Waals surface area (Å²) in [4.78, 5) is 0. The van der Waals surface area contributed by atoms with Gasteiger partial charge in [-0.1, -0.05) is 5.92 Å². The maximum absolute atomic E-state index is 5.47. The molecule has 0 bridgehead atoms. The van der Waals surface area contributed by atoms with Crippen molar-refractivity contribution < 1.29 is 14.2 Å². The van der Waals surface area contributed by atoms with Gasteiger partial charge in [0.25, 0.3) is 0 Å². The molecule has 3 heteroatoms. The lowest BCUT2D eigenvalue weighted by atomic mass is 10.1. The van der Waals surface area contributed by atoms with Crippen molar-refractivity contribution in [2.45, 2.75) is 24.7 Å². The monoisotopic (exact) mass is 168 g/mol. The first kappa shape index (κ1) is 8.06. The van der Waals surface area contributed by atoms with E-state index >= 15 is 0 Å². The van der Waals surface area contributed by atoms with E-state index in [9.17, 15) is 0 Å². The highest BCUT2D eigenvalue weighted by Crippen LogP contribution is 2.27. The van der Waals surface area contributed by atoms with E-state index in [2.05, 4.69) is 5.92 Å². The molecular formula is C9H12O3. The second-order valence-corrected chi connectivity index (χ2v) is 3.05. The number of ether oxygens (including phenoxy) is 3. The predicted octanol–water partition coefficient (Wildman–Crippen LogP) is 0.192. The number of hydrogen-bond donors (Lipinski definition) is 0. The molecule has 0 aromatic rings. The zero-order chi connectivity index (χ0) is 8.39. The van der Waals surface area contributed by atoms with Crippen molar-refractivity contribution in [1.29, 1.82) is 0 Å². The van der Waals surface area contributed by atoms with Crippen molar-refractivity contribution in [3.05, 3.63) is 0 Å². The second-order valence-electron chi connectivity index (χ2n) is 3.05. The van der Waals surface area contributed by atoms with Gasteiger partial charge in [0.05, 0.1) is 12.7 Å². The summed E-state index contributed by atoms with van der Waals surface area (Å²) in [5.41, 5.74) is 0. The fourth-order valence-electron chi connectivity index (χ4n) is 1.73. The van der Waals surface area contributed by atoms with Gasteiger partial charge in [-0.3, -0.25) is 0 Å². The van der Waals surface area contributed by atoms with Gasteiger partial charge in [0, 0.05) is 6.61 Å². The van der Waals surface area contributed by atoms with E-state index in [1.807, 2.05) is 0 Å². The molecule has 2 rings (SSSR count). The molecule has 2 saturated heterocycles. The predicted molar refractivity (Wildman–Crippen MR) is 42.7 cm³/mol. The Hall–Kier alpha value is -0.560. The summed E-state index contributed by atoms with van der Waals surface area (Å²) in [7, 11) is 0. The van der Waals surface area contributed by atoms with E-state index in [1.165, 1.54) is 0 Å². The third kappa shape index (κ3) is 1.34. The van der Waals surface area contributed by atoms with Gasteiger partial charge < -0.3 is 14.2 Å². The Morgan fingerprint density at radius 2 is 2.42 bits per heavy atom. The molecule has 0 aromatic heterocycles. The minimum absolute atomic E-state index is 0.0496. The van der Waals surface area contributed by atoms with E-state index in [0.717, 1.165) is 13.0 Å². The number of rotatable bonds is 2. The topological polar surface area (TPSA) is 27.7 Å². The summed E-state index contributed by atoms with van der Waals surface area (Å²) in [6.07, 6.45) is 6.49. The molecule has 3 unspecified atom stereocenters.